The van der Waals surface area contributed by atoms with Gasteiger partial charge < -0.3 is 12.5 Å². The molecule has 0 bridgehead atoms. The molecule has 1 aromatic carbocycles. The number of nitrogens with two attached hydrogens (primary N) is 1. The Kier molecular flexibility index (Phi) is 6.66. The maximum Gasteiger partial charge on any atom is 1.00 e. The average Bonchev–Trinajstić information content (AvgIpc) is 2.03. The van der Waals surface area contributed by atoms with Gasteiger partial charge >= 0.3 is 29.6 Å². The summed E-state index contributed by atoms with van der Waals surface area (Å²) in [7, 11) is 0. The summed E-state index contributed by atoms with van der Waals surface area (Å²) in [6.45, 7) is 1.51. The zero-order chi connectivity index (χ0) is 7.23. The third-order valence-electron chi connectivity index (χ3n) is 1.25. The van der Waals surface area contributed by atoms with E-state index >= 15 is 0 Å². The summed E-state index contributed by atoms with van der Waals surface area (Å²) >= 11 is 0. The van der Waals surface area contributed by atoms with E-state index in [1.54, 1.807) is 0 Å². The SMILES string of the molecule is NCCNc1ccccc1.[H-].[Na+]. The first-order chi connectivity index (χ1) is 4.93. The van der Waals surface area contributed by atoms with Gasteiger partial charge in [-0.05, 0) is 12.1 Å². The number of benzene rings is 1. The van der Waals surface area contributed by atoms with Gasteiger partial charge in [-0.15, -0.1) is 0 Å². The summed E-state index contributed by atoms with van der Waals surface area (Å²) in [4.78, 5) is 0. The molecule has 0 radical (unpaired) electrons. The average molecular weight is 160 g/mol. The van der Waals surface area contributed by atoms with E-state index < -0.39 is 0 Å². The Labute approximate surface area is 90.9 Å². The van der Waals surface area contributed by atoms with E-state index in [4.69, 9.17) is 5.73 Å². The molecule has 1 rings (SSSR count). The van der Waals surface area contributed by atoms with Crippen LogP contribution >= 0.6 is 0 Å². The Balaban J connectivity index is 0. The van der Waals surface area contributed by atoms with Crippen molar-refractivity contribution in [3.05, 3.63) is 30.3 Å². The van der Waals surface area contributed by atoms with Crippen molar-refractivity contribution in [3.8, 4) is 0 Å². The number of hydrogen-bond acceptors (Lipinski definition) is 2. The molecule has 0 unspecified atom stereocenters. The normalized spacial score (nSPS) is 8.45. The van der Waals surface area contributed by atoms with Crippen LogP contribution in [0.15, 0.2) is 30.3 Å². The third kappa shape index (κ3) is 4.43. The number of rotatable bonds is 3. The minimum atomic E-state index is 0. The van der Waals surface area contributed by atoms with Gasteiger partial charge in [-0.2, -0.15) is 0 Å². The predicted molar refractivity (Wildman–Crippen MR) is 45.1 cm³/mol. The Morgan fingerprint density at radius 3 is 2.45 bits per heavy atom. The summed E-state index contributed by atoms with van der Waals surface area (Å²) in [5, 5.41) is 3.17. The van der Waals surface area contributed by atoms with Crippen LogP contribution in [-0.4, -0.2) is 13.1 Å². The zero-order valence-corrected chi connectivity index (χ0v) is 8.88. The standard InChI is InChI=1S/C8H12N2.Na.H/c9-6-7-10-8-4-2-1-3-5-8;;/h1-5,10H,6-7,9H2;;/q;+1;-1. The molecule has 0 aliphatic carbocycles. The molecule has 0 aromatic heterocycles. The number of para-hydroxylation sites is 1. The molecule has 0 aliphatic rings. The van der Waals surface area contributed by atoms with Gasteiger partial charge in [0.05, 0.1) is 0 Å². The van der Waals surface area contributed by atoms with Gasteiger partial charge in [-0.25, -0.2) is 0 Å². The van der Waals surface area contributed by atoms with Crippen LogP contribution in [0.5, 0.6) is 0 Å². The van der Waals surface area contributed by atoms with E-state index in [1.807, 2.05) is 30.3 Å². The first kappa shape index (κ1) is 11.0. The summed E-state index contributed by atoms with van der Waals surface area (Å²) in [5.74, 6) is 0. The minimum absolute atomic E-state index is 0. The largest absolute Gasteiger partial charge is 1.00 e. The van der Waals surface area contributed by atoms with Gasteiger partial charge in [0.15, 0.2) is 0 Å². The van der Waals surface area contributed by atoms with E-state index in [0.29, 0.717) is 6.54 Å². The number of anilines is 1. The van der Waals surface area contributed by atoms with Crippen LogP contribution in [0.4, 0.5) is 5.69 Å². The van der Waals surface area contributed by atoms with Gasteiger partial charge in [0.25, 0.3) is 0 Å². The van der Waals surface area contributed by atoms with E-state index in [1.165, 1.54) is 0 Å². The van der Waals surface area contributed by atoms with Crippen LogP contribution in [0.3, 0.4) is 0 Å². The Hall–Kier alpha value is -0.0200. The molecule has 0 saturated carbocycles. The van der Waals surface area contributed by atoms with Crippen molar-refractivity contribution in [2.45, 2.75) is 0 Å². The Morgan fingerprint density at radius 2 is 1.91 bits per heavy atom. The molecule has 0 heterocycles. The van der Waals surface area contributed by atoms with Crippen molar-refractivity contribution >= 4 is 5.69 Å². The molecule has 0 spiro atoms. The van der Waals surface area contributed by atoms with Crippen LogP contribution in [0.1, 0.15) is 1.43 Å². The summed E-state index contributed by atoms with van der Waals surface area (Å²) < 4.78 is 0. The number of hydrogen-bond donors (Lipinski definition) is 2. The second-order valence-corrected chi connectivity index (χ2v) is 2.08. The quantitative estimate of drug-likeness (QED) is 0.511. The van der Waals surface area contributed by atoms with Gasteiger partial charge in [-0.3, -0.25) is 0 Å². The fraction of sp³-hybridized carbons (Fsp3) is 0.250. The maximum absolute atomic E-state index is 5.31. The summed E-state index contributed by atoms with van der Waals surface area (Å²) in [6, 6.07) is 10.0. The molecule has 1 aromatic rings. The van der Waals surface area contributed by atoms with Crippen molar-refractivity contribution < 1.29 is 31.0 Å². The van der Waals surface area contributed by atoms with E-state index in [2.05, 4.69) is 5.32 Å². The molecule has 56 valence electrons. The molecule has 0 aliphatic heterocycles. The molecule has 3 heteroatoms. The molecule has 11 heavy (non-hydrogen) atoms. The van der Waals surface area contributed by atoms with Crippen LogP contribution in [0.25, 0.3) is 0 Å². The molecule has 0 saturated heterocycles. The topological polar surface area (TPSA) is 38.0 Å². The fourth-order valence-corrected chi connectivity index (χ4v) is 0.773. The molecule has 3 N–H and O–H groups in total. The monoisotopic (exact) mass is 160 g/mol. The second-order valence-electron chi connectivity index (χ2n) is 2.08. The molecule has 0 fully saturated rings. The molecule has 0 amide bonds. The van der Waals surface area contributed by atoms with Gasteiger partial charge in [0.2, 0.25) is 0 Å². The van der Waals surface area contributed by atoms with Crippen LogP contribution in [0, 0.1) is 0 Å². The van der Waals surface area contributed by atoms with Gasteiger partial charge in [0, 0.05) is 18.8 Å². The Bertz CT molecular complexity index is 182. The van der Waals surface area contributed by atoms with Crippen molar-refractivity contribution in [1.82, 2.24) is 0 Å². The predicted octanol–water partition coefficient (Wildman–Crippen LogP) is -1.83. The Morgan fingerprint density at radius 1 is 1.27 bits per heavy atom. The van der Waals surface area contributed by atoms with E-state index in [0.717, 1.165) is 12.2 Å². The van der Waals surface area contributed by atoms with E-state index in [9.17, 15) is 0 Å². The van der Waals surface area contributed by atoms with Crippen molar-refractivity contribution in [2.24, 2.45) is 5.73 Å². The molecular weight excluding hydrogens is 147 g/mol. The van der Waals surface area contributed by atoms with Crippen molar-refractivity contribution in [2.75, 3.05) is 18.4 Å². The molecular formula is C8H13N2Na. The summed E-state index contributed by atoms with van der Waals surface area (Å²) in [6.07, 6.45) is 0. The van der Waals surface area contributed by atoms with Crippen LogP contribution < -0.4 is 40.6 Å². The van der Waals surface area contributed by atoms with Crippen molar-refractivity contribution in [3.63, 3.8) is 0 Å². The fourth-order valence-electron chi connectivity index (χ4n) is 0.773. The second kappa shape index (κ2) is 6.68. The van der Waals surface area contributed by atoms with Crippen LogP contribution in [0.2, 0.25) is 0 Å². The molecule has 0 atom stereocenters. The van der Waals surface area contributed by atoms with Crippen molar-refractivity contribution in [1.29, 1.82) is 0 Å². The van der Waals surface area contributed by atoms with Gasteiger partial charge in [-0.1, -0.05) is 18.2 Å². The summed E-state index contributed by atoms with van der Waals surface area (Å²) in [5.41, 5.74) is 6.45. The number of nitrogens with one attached hydrogen (secondary N) is 1. The van der Waals surface area contributed by atoms with Crippen LogP contribution in [-0.2, 0) is 0 Å². The third-order valence-corrected chi connectivity index (χ3v) is 1.25. The van der Waals surface area contributed by atoms with Gasteiger partial charge in [0.1, 0.15) is 0 Å². The smallest absolute Gasteiger partial charge is 1.00 e. The first-order valence-electron chi connectivity index (χ1n) is 3.42. The zero-order valence-electron chi connectivity index (χ0n) is 7.88. The van der Waals surface area contributed by atoms with E-state index in [-0.39, 0.29) is 31.0 Å². The molecule has 2 nitrogen and oxygen atoms in total. The first-order valence-corrected chi connectivity index (χ1v) is 3.42. The minimum Gasteiger partial charge on any atom is -1.00 e. The maximum atomic E-state index is 5.31.